The van der Waals surface area contributed by atoms with Crippen LogP contribution in [0, 0.1) is 5.92 Å². The van der Waals surface area contributed by atoms with Crippen molar-refractivity contribution in [3.8, 4) is 0 Å². The molecule has 0 radical (unpaired) electrons. The number of carbonyl (C=O) groups excluding carboxylic acids is 1. The summed E-state index contributed by atoms with van der Waals surface area (Å²) in [6.07, 6.45) is 8.15. The lowest BCUT2D eigenvalue weighted by atomic mass is 10.1. The fourth-order valence-electron chi connectivity index (χ4n) is 2.20. The fourth-order valence-corrected chi connectivity index (χ4v) is 2.20. The van der Waals surface area contributed by atoms with Crippen LogP contribution >= 0.6 is 0 Å². The molecule has 0 heterocycles. The van der Waals surface area contributed by atoms with E-state index in [1.165, 1.54) is 32.8 Å². The second-order valence-corrected chi connectivity index (χ2v) is 4.38. The van der Waals surface area contributed by atoms with Gasteiger partial charge >= 0.3 is 5.97 Å². The SMILES string of the molecule is CCC(=CCNCC1CCCC1)C(=O)OC. The lowest BCUT2D eigenvalue weighted by Crippen LogP contribution is -2.22. The van der Waals surface area contributed by atoms with Crippen molar-refractivity contribution in [3.05, 3.63) is 11.6 Å². The molecule has 1 aliphatic rings. The highest BCUT2D eigenvalue weighted by Gasteiger charge is 2.13. The summed E-state index contributed by atoms with van der Waals surface area (Å²) in [5.41, 5.74) is 0.765. The molecule has 0 aliphatic heterocycles. The van der Waals surface area contributed by atoms with Crippen LogP contribution in [0.4, 0.5) is 0 Å². The highest BCUT2D eigenvalue weighted by Crippen LogP contribution is 2.23. The molecule has 0 spiro atoms. The maximum Gasteiger partial charge on any atom is 0.333 e. The number of carbonyl (C=O) groups is 1. The van der Waals surface area contributed by atoms with Gasteiger partial charge in [-0.3, -0.25) is 0 Å². The first-order valence-corrected chi connectivity index (χ1v) is 6.26. The molecule has 16 heavy (non-hydrogen) atoms. The van der Waals surface area contributed by atoms with Crippen LogP contribution in [0.15, 0.2) is 11.6 Å². The van der Waals surface area contributed by atoms with Gasteiger partial charge in [0.2, 0.25) is 0 Å². The fraction of sp³-hybridized carbons (Fsp3) is 0.769. The third-order valence-electron chi connectivity index (χ3n) is 3.23. The standard InChI is InChI=1S/C13H23NO2/c1-3-12(13(15)16-2)8-9-14-10-11-6-4-5-7-11/h8,11,14H,3-7,9-10H2,1-2H3. The van der Waals surface area contributed by atoms with Crippen molar-refractivity contribution in [2.75, 3.05) is 20.2 Å². The molecule has 0 atom stereocenters. The number of methoxy groups -OCH3 is 1. The molecule has 1 rings (SSSR count). The van der Waals surface area contributed by atoms with E-state index < -0.39 is 0 Å². The lowest BCUT2D eigenvalue weighted by Gasteiger charge is -2.09. The van der Waals surface area contributed by atoms with Gasteiger partial charge in [0.05, 0.1) is 7.11 Å². The summed E-state index contributed by atoms with van der Waals surface area (Å²) < 4.78 is 4.70. The van der Waals surface area contributed by atoms with Gasteiger partial charge in [-0.05, 0) is 31.7 Å². The smallest absolute Gasteiger partial charge is 0.333 e. The van der Waals surface area contributed by atoms with Gasteiger partial charge in [-0.1, -0.05) is 25.8 Å². The van der Waals surface area contributed by atoms with Crippen LogP contribution in [0.1, 0.15) is 39.0 Å². The minimum Gasteiger partial charge on any atom is -0.466 e. The molecule has 1 saturated carbocycles. The number of ether oxygens (including phenoxy) is 1. The van der Waals surface area contributed by atoms with Crippen molar-refractivity contribution in [1.82, 2.24) is 5.32 Å². The van der Waals surface area contributed by atoms with E-state index in [-0.39, 0.29) is 5.97 Å². The van der Waals surface area contributed by atoms with Gasteiger partial charge in [-0.2, -0.15) is 0 Å². The van der Waals surface area contributed by atoms with E-state index in [1.807, 2.05) is 13.0 Å². The Morgan fingerprint density at radius 1 is 1.44 bits per heavy atom. The largest absolute Gasteiger partial charge is 0.466 e. The summed E-state index contributed by atoms with van der Waals surface area (Å²) in [6, 6.07) is 0. The van der Waals surface area contributed by atoms with Crippen LogP contribution in [0.3, 0.4) is 0 Å². The molecule has 92 valence electrons. The van der Waals surface area contributed by atoms with E-state index in [0.717, 1.165) is 31.0 Å². The van der Waals surface area contributed by atoms with E-state index in [2.05, 4.69) is 5.32 Å². The van der Waals surface area contributed by atoms with Crippen LogP contribution in [0.5, 0.6) is 0 Å². The normalized spacial score (nSPS) is 17.8. The Morgan fingerprint density at radius 2 is 2.12 bits per heavy atom. The molecule has 0 aromatic rings. The third-order valence-corrected chi connectivity index (χ3v) is 3.23. The van der Waals surface area contributed by atoms with Crippen molar-refractivity contribution in [2.24, 2.45) is 5.92 Å². The van der Waals surface area contributed by atoms with Gasteiger partial charge in [0, 0.05) is 12.1 Å². The van der Waals surface area contributed by atoms with Gasteiger partial charge in [0.25, 0.3) is 0 Å². The molecule has 0 saturated heterocycles. The van der Waals surface area contributed by atoms with Crippen LogP contribution in [-0.2, 0) is 9.53 Å². The Kier molecular flexibility index (Phi) is 6.16. The molecule has 1 aliphatic carbocycles. The predicted molar refractivity (Wildman–Crippen MR) is 65.2 cm³/mol. The van der Waals surface area contributed by atoms with Crippen molar-refractivity contribution >= 4 is 5.97 Å². The number of nitrogens with one attached hydrogen (secondary N) is 1. The van der Waals surface area contributed by atoms with Crippen LogP contribution in [-0.4, -0.2) is 26.2 Å². The molecule has 0 bridgehead atoms. The second kappa shape index (κ2) is 7.44. The van der Waals surface area contributed by atoms with Crippen LogP contribution < -0.4 is 5.32 Å². The highest BCUT2D eigenvalue weighted by molar-refractivity contribution is 5.88. The Morgan fingerprint density at radius 3 is 2.69 bits per heavy atom. The Balaban J connectivity index is 2.20. The first-order valence-electron chi connectivity index (χ1n) is 6.26. The van der Waals surface area contributed by atoms with Crippen molar-refractivity contribution in [1.29, 1.82) is 0 Å². The summed E-state index contributed by atoms with van der Waals surface area (Å²) in [4.78, 5) is 11.3. The number of hydrogen-bond donors (Lipinski definition) is 1. The summed E-state index contributed by atoms with van der Waals surface area (Å²) in [5.74, 6) is 0.641. The molecule has 0 unspecified atom stereocenters. The van der Waals surface area contributed by atoms with Gasteiger partial charge in [-0.25, -0.2) is 4.79 Å². The summed E-state index contributed by atoms with van der Waals surface area (Å²) in [6.45, 7) is 3.82. The van der Waals surface area contributed by atoms with Crippen molar-refractivity contribution in [3.63, 3.8) is 0 Å². The Labute approximate surface area is 98.2 Å². The average molecular weight is 225 g/mol. The van der Waals surface area contributed by atoms with E-state index in [9.17, 15) is 4.79 Å². The quantitative estimate of drug-likeness (QED) is 0.428. The minimum absolute atomic E-state index is 0.204. The molecule has 3 heteroatoms. The lowest BCUT2D eigenvalue weighted by molar-refractivity contribution is -0.136. The Bertz CT molecular complexity index is 242. The van der Waals surface area contributed by atoms with Gasteiger partial charge in [-0.15, -0.1) is 0 Å². The topological polar surface area (TPSA) is 38.3 Å². The first-order chi connectivity index (χ1) is 7.77. The molecular weight excluding hydrogens is 202 g/mol. The number of esters is 1. The monoisotopic (exact) mass is 225 g/mol. The Hall–Kier alpha value is -0.830. The molecule has 0 aromatic carbocycles. The molecule has 0 amide bonds. The third kappa shape index (κ3) is 4.35. The maximum atomic E-state index is 11.3. The maximum absolute atomic E-state index is 11.3. The zero-order chi connectivity index (χ0) is 11.8. The summed E-state index contributed by atoms with van der Waals surface area (Å²) >= 11 is 0. The van der Waals surface area contributed by atoms with E-state index in [1.54, 1.807) is 0 Å². The molecule has 1 N–H and O–H groups in total. The van der Waals surface area contributed by atoms with Crippen molar-refractivity contribution < 1.29 is 9.53 Å². The number of rotatable bonds is 6. The number of hydrogen-bond acceptors (Lipinski definition) is 3. The van der Waals surface area contributed by atoms with Gasteiger partial charge in [0.15, 0.2) is 0 Å². The van der Waals surface area contributed by atoms with Gasteiger partial charge < -0.3 is 10.1 Å². The molecular formula is C13H23NO2. The summed E-state index contributed by atoms with van der Waals surface area (Å²) in [5, 5.41) is 3.39. The van der Waals surface area contributed by atoms with Crippen LogP contribution in [0.2, 0.25) is 0 Å². The van der Waals surface area contributed by atoms with E-state index in [0.29, 0.717) is 0 Å². The van der Waals surface area contributed by atoms with E-state index >= 15 is 0 Å². The highest BCUT2D eigenvalue weighted by atomic mass is 16.5. The zero-order valence-electron chi connectivity index (χ0n) is 10.4. The van der Waals surface area contributed by atoms with Gasteiger partial charge in [0.1, 0.15) is 0 Å². The summed E-state index contributed by atoms with van der Waals surface area (Å²) in [7, 11) is 1.43. The zero-order valence-corrected chi connectivity index (χ0v) is 10.4. The molecule has 0 aromatic heterocycles. The minimum atomic E-state index is -0.204. The van der Waals surface area contributed by atoms with E-state index in [4.69, 9.17) is 4.74 Å². The first kappa shape index (κ1) is 13.2. The average Bonchev–Trinajstić information content (AvgIpc) is 2.81. The molecule has 3 nitrogen and oxygen atoms in total. The second-order valence-electron chi connectivity index (χ2n) is 4.38. The van der Waals surface area contributed by atoms with Crippen LogP contribution in [0.25, 0.3) is 0 Å². The predicted octanol–water partition coefficient (Wildman–Crippen LogP) is 2.28. The molecule has 1 fully saturated rings. The van der Waals surface area contributed by atoms with Crippen molar-refractivity contribution in [2.45, 2.75) is 39.0 Å².